The van der Waals surface area contributed by atoms with Crippen LogP contribution < -0.4 is 19.5 Å². The maximum absolute atomic E-state index is 12.7. The lowest BCUT2D eigenvalue weighted by molar-refractivity contribution is 0.0939. The van der Waals surface area contributed by atoms with Gasteiger partial charge in [0.1, 0.15) is 13.2 Å². The number of nitrogens with one attached hydrogen (secondary N) is 2. The van der Waals surface area contributed by atoms with Gasteiger partial charge in [-0.25, -0.2) is 8.42 Å². The summed E-state index contributed by atoms with van der Waals surface area (Å²) in [5.74, 6) is 0.628. The Morgan fingerprint density at radius 3 is 2.45 bits per heavy atom. The number of hydrogen-bond acceptors (Lipinski definition) is 6. The number of nitrogens with zero attached hydrogens (tertiary/aromatic N) is 1. The number of rotatable bonds is 6. The molecule has 0 aliphatic carbocycles. The van der Waals surface area contributed by atoms with E-state index in [0.717, 1.165) is 5.69 Å². The highest BCUT2D eigenvalue weighted by molar-refractivity contribution is 7.92. The molecule has 2 aromatic carbocycles. The molecule has 1 atom stereocenters. The van der Waals surface area contributed by atoms with E-state index < -0.39 is 10.0 Å². The molecular formula is C22H21N3O5S. The van der Waals surface area contributed by atoms with Gasteiger partial charge in [-0.1, -0.05) is 6.07 Å². The van der Waals surface area contributed by atoms with E-state index >= 15 is 0 Å². The molecule has 8 nitrogen and oxygen atoms in total. The van der Waals surface area contributed by atoms with Crippen molar-refractivity contribution < 1.29 is 22.7 Å². The highest BCUT2D eigenvalue weighted by Gasteiger charge is 2.20. The van der Waals surface area contributed by atoms with E-state index in [9.17, 15) is 13.2 Å². The summed E-state index contributed by atoms with van der Waals surface area (Å²) in [7, 11) is -3.83. The smallest absolute Gasteiger partial charge is 0.262 e. The lowest BCUT2D eigenvalue weighted by atomic mass is 10.1. The molecule has 1 amide bonds. The van der Waals surface area contributed by atoms with Crippen molar-refractivity contribution >= 4 is 21.6 Å². The van der Waals surface area contributed by atoms with Crippen LogP contribution in [-0.4, -0.2) is 32.5 Å². The highest BCUT2D eigenvalue weighted by Crippen LogP contribution is 2.32. The SMILES string of the molecule is C[C@@H](NC(=O)c1ccc(NS(=O)(=O)c2ccc3c(c2)OCCO3)cc1)c1ccccn1. The van der Waals surface area contributed by atoms with Gasteiger partial charge in [0, 0.05) is 23.5 Å². The molecule has 2 N–H and O–H groups in total. The van der Waals surface area contributed by atoms with Crippen LogP contribution in [0.4, 0.5) is 5.69 Å². The molecule has 0 fully saturated rings. The predicted molar refractivity (Wildman–Crippen MR) is 115 cm³/mol. The fraction of sp³-hybridized carbons (Fsp3) is 0.182. The van der Waals surface area contributed by atoms with Crippen molar-refractivity contribution in [1.29, 1.82) is 0 Å². The topological polar surface area (TPSA) is 107 Å². The summed E-state index contributed by atoms with van der Waals surface area (Å²) in [6.07, 6.45) is 1.67. The standard InChI is InChI=1S/C22H21N3O5S/c1-15(19-4-2-3-11-23-19)24-22(26)16-5-7-17(8-6-16)25-31(27,28)18-9-10-20-21(14-18)30-13-12-29-20/h2-11,14-15,25H,12-13H2,1H3,(H,24,26)/t15-/m1/s1. The third-order valence-electron chi connectivity index (χ3n) is 4.70. The van der Waals surface area contributed by atoms with Crippen LogP contribution in [0.1, 0.15) is 29.0 Å². The fourth-order valence-electron chi connectivity index (χ4n) is 3.08. The third-order valence-corrected chi connectivity index (χ3v) is 6.08. The Kier molecular flexibility index (Phi) is 5.77. The molecule has 0 saturated heterocycles. The number of carbonyl (C=O) groups is 1. The van der Waals surface area contributed by atoms with Crippen molar-refractivity contribution in [3.05, 3.63) is 78.1 Å². The average Bonchev–Trinajstić information content (AvgIpc) is 2.79. The number of benzene rings is 2. The predicted octanol–water partition coefficient (Wildman–Crippen LogP) is 3.14. The van der Waals surface area contributed by atoms with Crippen molar-refractivity contribution in [3.63, 3.8) is 0 Å². The summed E-state index contributed by atoms with van der Waals surface area (Å²) in [6, 6.07) is 15.9. The second-order valence-corrected chi connectivity index (χ2v) is 8.62. The van der Waals surface area contributed by atoms with Crippen molar-refractivity contribution in [2.45, 2.75) is 17.9 Å². The lowest BCUT2D eigenvalue weighted by Crippen LogP contribution is -2.27. The molecule has 0 radical (unpaired) electrons. The van der Waals surface area contributed by atoms with E-state index in [2.05, 4.69) is 15.0 Å². The molecule has 9 heteroatoms. The summed E-state index contributed by atoms with van der Waals surface area (Å²) in [6.45, 7) is 2.64. The molecule has 1 aliphatic heterocycles. The van der Waals surface area contributed by atoms with E-state index in [-0.39, 0.29) is 16.8 Å². The van der Waals surface area contributed by atoms with E-state index in [1.54, 1.807) is 24.4 Å². The molecule has 0 saturated carbocycles. The van der Waals surface area contributed by atoms with Gasteiger partial charge in [0.2, 0.25) is 0 Å². The highest BCUT2D eigenvalue weighted by atomic mass is 32.2. The number of fused-ring (bicyclic) bond motifs is 1. The Bertz CT molecular complexity index is 1180. The van der Waals surface area contributed by atoms with Crippen LogP contribution in [0.15, 0.2) is 71.8 Å². The minimum Gasteiger partial charge on any atom is -0.486 e. The zero-order chi connectivity index (χ0) is 21.8. The van der Waals surface area contributed by atoms with Crippen LogP contribution in [0.2, 0.25) is 0 Å². The zero-order valence-electron chi connectivity index (χ0n) is 16.7. The maximum atomic E-state index is 12.7. The van der Waals surface area contributed by atoms with E-state index in [4.69, 9.17) is 9.47 Å². The van der Waals surface area contributed by atoms with Crippen LogP contribution in [0, 0.1) is 0 Å². The Morgan fingerprint density at radius 2 is 1.74 bits per heavy atom. The maximum Gasteiger partial charge on any atom is 0.262 e. The molecule has 4 rings (SSSR count). The molecule has 1 aliphatic rings. The van der Waals surface area contributed by atoms with Crippen molar-refractivity contribution in [2.24, 2.45) is 0 Å². The number of aromatic nitrogens is 1. The molecular weight excluding hydrogens is 418 g/mol. The number of ether oxygens (including phenoxy) is 2. The molecule has 2 heterocycles. The van der Waals surface area contributed by atoms with Crippen LogP contribution in [0.3, 0.4) is 0 Å². The van der Waals surface area contributed by atoms with Crippen LogP contribution in [0.25, 0.3) is 0 Å². The summed E-state index contributed by atoms with van der Waals surface area (Å²) in [5, 5.41) is 2.87. The first kappa shape index (κ1) is 20.7. The number of anilines is 1. The zero-order valence-corrected chi connectivity index (χ0v) is 17.6. The number of hydrogen-bond donors (Lipinski definition) is 2. The first-order chi connectivity index (χ1) is 14.9. The largest absolute Gasteiger partial charge is 0.486 e. The Hall–Kier alpha value is -3.59. The molecule has 160 valence electrons. The van der Waals surface area contributed by atoms with Gasteiger partial charge in [-0.2, -0.15) is 0 Å². The van der Waals surface area contributed by atoms with Crippen LogP contribution >= 0.6 is 0 Å². The Morgan fingerprint density at radius 1 is 1.00 bits per heavy atom. The fourth-order valence-corrected chi connectivity index (χ4v) is 4.15. The van der Waals surface area contributed by atoms with Gasteiger partial charge in [0.05, 0.1) is 16.6 Å². The number of carbonyl (C=O) groups excluding carboxylic acids is 1. The lowest BCUT2D eigenvalue weighted by Gasteiger charge is -2.19. The quantitative estimate of drug-likeness (QED) is 0.611. The van der Waals surface area contributed by atoms with E-state index in [0.29, 0.717) is 36.0 Å². The first-order valence-electron chi connectivity index (χ1n) is 9.67. The summed E-state index contributed by atoms with van der Waals surface area (Å²) >= 11 is 0. The Balaban J connectivity index is 1.44. The van der Waals surface area contributed by atoms with Gasteiger partial charge >= 0.3 is 0 Å². The van der Waals surface area contributed by atoms with Gasteiger partial charge in [-0.3, -0.25) is 14.5 Å². The van der Waals surface area contributed by atoms with Crippen molar-refractivity contribution in [2.75, 3.05) is 17.9 Å². The molecule has 0 unspecified atom stereocenters. The second kappa shape index (κ2) is 8.65. The van der Waals surface area contributed by atoms with Crippen LogP contribution in [0.5, 0.6) is 11.5 Å². The number of sulfonamides is 1. The first-order valence-corrected chi connectivity index (χ1v) is 11.1. The number of pyridine rings is 1. The summed E-state index contributed by atoms with van der Waals surface area (Å²) < 4.78 is 38.8. The van der Waals surface area contributed by atoms with Gasteiger partial charge in [-0.15, -0.1) is 0 Å². The second-order valence-electron chi connectivity index (χ2n) is 6.94. The normalized spacial score (nSPS) is 13.8. The summed E-state index contributed by atoms with van der Waals surface area (Å²) in [5.41, 5.74) is 1.49. The van der Waals surface area contributed by atoms with Crippen molar-refractivity contribution in [1.82, 2.24) is 10.3 Å². The molecule has 1 aromatic heterocycles. The van der Waals surface area contributed by atoms with Crippen molar-refractivity contribution in [3.8, 4) is 11.5 Å². The third kappa shape index (κ3) is 4.77. The van der Waals surface area contributed by atoms with Gasteiger partial charge in [0.25, 0.3) is 15.9 Å². The van der Waals surface area contributed by atoms with Gasteiger partial charge < -0.3 is 14.8 Å². The molecule has 0 bridgehead atoms. The summed E-state index contributed by atoms with van der Waals surface area (Å²) in [4.78, 5) is 16.8. The minimum atomic E-state index is -3.83. The Labute approximate surface area is 180 Å². The molecule has 31 heavy (non-hydrogen) atoms. The van der Waals surface area contributed by atoms with Crippen LogP contribution in [-0.2, 0) is 10.0 Å². The monoisotopic (exact) mass is 439 g/mol. The molecule has 3 aromatic rings. The molecule has 0 spiro atoms. The van der Waals surface area contributed by atoms with E-state index in [1.807, 2.05) is 25.1 Å². The van der Waals surface area contributed by atoms with Gasteiger partial charge in [-0.05, 0) is 55.5 Å². The average molecular weight is 439 g/mol. The number of amides is 1. The van der Waals surface area contributed by atoms with Gasteiger partial charge in [0.15, 0.2) is 11.5 Å². The minimum absolute atomic E-state index is 0.0581. The van der Waals surface area contributed by atoms with E-state index in [1.165, 1.54) is 24.3 Å².